The Labute approximate surface area is 125 Å². The van der Waals surface area contributed by atoms with Crippen molar-refractivity contribution in [2.75, 3.05) is 13.7 Å². The topological polar surface area (TPSA) is 43.6 Å². The van der Waals surface area contributed by atoms with Crippen molar-refractivity contribution >= 4 is 0 Å². The van der Waals surface area contributed by atoms with Crippen LogP contribution in [0.2, 0.25) is 0 Å². The molecule has 2 heterocycles. The van der Waals surface area contributed by atoms with Crippen molar-refractivity contribution in [3.63, 3.8) is 0 Å². The van der Waals surface area contributed by atoms with Gasteiger partial charge < -0.3 is 19.2 Å². The third kappa shape index (κ3) is 3.22. The van der Waals surface area contributed by atoms with E-state index in [1.54, 1.807) is 13.4 Å². The van der Waals surface area contributed by atoms with Gasteiger partial charge in [-0.2, -0.15) is 0 Å². The first-order valence-corrected chi connectivity index (χ1v) is 7.35. The number of hydrogen-bond donors (Lipinski definition) is 1. The molecule has 0 aliphatic carbocycles. The zero-order valence-electron chi connectivity index (χ0n) is 12.5. The van der Waals surface area contributed by atoms with Gasteiger partial charge in [-0.1, -0.05) is 0 Å². The van der Waals surface area contributed by atoms with Crippen LogP contribution >= 0.6 is 0 Å². The Balaban J connectivity index is 1.72. The van der Waals surface area contributed by atoms with E-state index in [0.29, 0.717) is 6.04 Å². The highest BCUT2D eigenvalue weighted by atomic mass is 16.5. The van der Waals surface area contributed by atoms with Crippen LogP contribution in [0, 0.1) is 0 Å². The number of methoxy groups -OCH3 is 1. The van der Waals surface area contributed by atoms with E-state index in [9.17, 15) is 0 Å². The Morgan fingerprint density at radius 3 is 3.05 bits per heavy atom. The average Bonchev–Trinajstić information content (AvgIpc) is 3.00. The molecule has 2 atom stereocenters. The van der Waals surface area contributed by atoms with Gasteiger partial charge in [0.25, 0.3) is 0 Å². The van der Waals surface area contributed by atoms with Crippen LogP contribution in [0.15, 0.2) is 41.0 Å². The average molecular weight is 287 g/mol. The van der Waals surface area contributed by atoms with E-state index >= 15 is 0 Å². The fourth-order valence-electron chi connectivity index (χ4n) is 2.81. The van der Waals surface area contributed by atoms with Crippen LogP contribution in [-0.2, 0) is 6.42 Å². The first-order valence-electron chi connectivity index (χ1n) is 7.35. The molecule has 112 valence electrons. The lowest BCUT2D eigenvalue weighted by Crippen LogP contribution is -2.35. The maximum atomic E-state index is 5.73. The summed E-state index contributed by atoms with van der Waals surface area (Å²) in [5, 5.41) is 3.67. The van der Waals surface area contributed by atoms with E-state index in [0.717, 1.165) is 36.7 Å². The summed E-state index contributed by atoms with van der Waals surface area (Å²) in [7, 11) is 1.69. The summed E-state index contributed by atoms with van der Waals surface area (Å²) in [4.78, 5) is 0. The highest BCUT2D eigenvalue weighted by molar-refractivity contribution is 5.43. The van der Waals surface area contributed by atoms with E-state index < -0.39 is 0 Å². The highest BCUT2D eigenvalue weighted by Crippen LogP contribution is 2.35. The van der Waals surface area contributed by atoms with Gasteiger partial charge in [0.1, 0.15) is 17.3 Å². The molecular weight excluding hydrogens is 266 g/mol. The van der Waals surface area contributed by atoms with Crippen molar-refractivity contribution < 1.29 is 13.9 Å². The second-order valence-electron chi connectivity index (χ2n) is 5.44. The summed E-state index contributed by atoms with van der Waals surface area (Å²) in [5.74, 6) is 2.82. The molecule has 0 amide bonds. The van der Waals surface area contributed by atoms with Crippen LogP contribution in [0.25, 0.3) is 0 Å². The third-order valence-electron chi connectivity index (χ3n) is 3.83. The summed E-state index contributed by atoms with van der Waals surface area (Å²) in [5.41, 5.74) is 1.17. The zero-order chi connectivity index (χ0) is 14.7. The van der Waals surface area contributed by atoms with E-state index in [1.165, 1.54) is 5.56 Å². The number of furan rings is 1. The van der Waals surface area contributed by atoms with Crippen LogP contribution in [0.4, 0.5) is 0 Å². The summed E-state index contributed by atoms with van der Waals surface area (Å²) >= 11 is 0. The fraction of sp³-hybridized carbons (Fsp3) is 0.412. The second-order valence-corrected chi connectivity index (χ2v) is 5.44. The predicted molar refractivity (Wildman–Crippen MR) is 80.9 cm³/mol. The van der Waals surface area contributed by atoms with E-state index in [-0.39, 0.29) is 6.04 Å². The maximum Gasteiger partial charge on any atom is 0.124 e. The van der Waals surface area contributed by atoms with Gasteiger partial charge in [0.05, 0.1) is 20.0 Å². The van der Waals surface area contributed by atoms with Gasteiger partial charge in [-0.25, -0.2) is 0 Å². The molecule has 2 unspecified atom stereocenters. The van der Waals surface area contributed by atoms with Gasteiger partial charge in [0.15, 0.2) is 0 Å². The van der Waals surface area contributed by atoms with Crippen molar-refractivity contribution in [2.24, 2.45) is 0 Å². The molecule has 1 aromatic heterocycles. The van der Waals surface area contributed by atoms with Crippen molar-refractivity contribution in [1.29, 1.82) is 0 Å². The molecule has 0 saturated carbocycles. The number of fused-ring (bicyclic) bond motifs is 1. The lowest BCUT2D eigenvalue weighted by Gasteiger charge is -2.29. The molecule has 0 spiro atoms. The molecule has 0 fully saturated rings. The first kappa shape index (κ1) is 14.0. The Bertz CT molecular complexity index is 580. The third-order valence-corrected chi connectivity index (χ3v) is 3.83. The molecule has 1 aromatic carbocycles. The quantitative estimate of drug-likeness (QED) is 0.916. The normalized spacial score (nSPS) is 18.7. The summed E-state index contributed by atoms with van der Waals surface area (Å²) < 4.78 is 16.5. The molecular formula is C17H21NO3. The largest absolute Gasteiger partial charge is 0.497 e. The molecule has 1 aliphatic rings. The van der Waals surface area contributed by atoms with Gasteiger partial charge in [-0.05, 0) is 37.3 Å². The van der Waals surface area contributed by atoms with E-state index in [1.807, 2.05) is 24.3 Å². The van der Waals surface area contributed by atoms with Crippen LogP contribution in [-0.4, -0.2) is 19.8 Å². The SMILES string of the molecule is COc1ccc2c(c1)C(NC(C)Cc1ccco1)CCO2. The molecule has 0 saturated heterocycles. The predicted octanol–water partition coefficient (Wildman–Crippen LogP) is 3.33. The van der Waals surface area contributed by atoms with Crippen molar-refractivity contribution in [2.45, 2.75) is 31.8 Å². The number of benzene rings is 1. The Morgan fingerprint density at radius 1 is 1.38 bits per heavy atom. The monoisotopic (exact) mass is 287 g/mol. The molecule has 4 nitrogen and oxygen atoms in total. The van der Waals surface area contributed by atoms with E-state index in [2.05, 4.69) is 18.3 Å². The molecule has 21 heavy (non-hydrogen) atoms. The van der Waals surface area contributed by atoms with Crippen molar-refractivity contribution in [1.82, 2.24) is 5.32 Å². The smallest absolute Gasteiger partial charge is 0.124 e. The Hall–Kier alpha value is -1.94. The maximum absolute atomic E-state index is 5.73. The Kier molecular flexibility index (Phi) is 4.15. The minimum absolute atomic E-state index is 0.286. The highest BCUT2D eigenvalue weighted by Gasteiger charge is 2.23. The number of nitrogens with one attached hydrogen (secondary N) is 1. The standard InChI is InChI=1S/C17H21NO3/c1-12(10-14-4-3-8-20-14)18-16-7-9-21-17-6-5-13(19-2)11-15(16)17/h3-6,8,11-12,16,18H,7,9-10H2,1-2H3. The van der Waals surface area contributed by atoms with Gasteiger partial charge in [-0.15, -0.1) is 0 Å². The fourth-order valence-corrected chi connectivity index (χ4v) is 2.81. The van der Waals surface area contributed by atoms with Crippen LogP contribution in [0.1, 0.15) is 30.7 Å². The van der Waals surface area contributed by atoms with Gasteiger partial charge >= 0.3 is 0 Å². The van der Waals surface area contributed by atoms with Gasteiger partial charge in [0, 0.05) is 30.5 Å². The number of ether oxygens (including phenoxy) is 2. The second kappa shape index (κ2) is 6.22. The lowest BCUT2D eigenvalue weighted by atomic mass is 9.98. The molecule has 1 aliphatic heterocycles. The van der Waals surface area contributed by atoms with Gasteiger partial charge in [0.2, 0.25) is 0 Å². The van der Waals surface area contributed by atoms with E-state index in [4.69, 9.17) is 13.9 Å². The lowest BCUT2D eigenvalue weighted by molar-refractivity contribution is 0.243. The number of hydrogen-bond acceptors (Lipinski definition) is 4. The van der Waals surface area contributed by atoms with Crippen molar-refractivity contribution in [3.05, 3.63) is 47.9 Å². The molecule has 1 N–H and O–H groups in total. The summed E-state index contributed by atoms with van der Waals surface area (Å²) in [6.07, 6.45) is 3.56. The van der Waals surface area contributed by atoms with Crippen LogP contribution in [0.5, 0.6) is 11.5 Å². The minimum atomic E-state index is 0.286. The molecule has 0 radical (unpaired) electrons. The summed E-state index contributed by atoms with van der Waals surface area (Å²) in [6, 6.07) is 10.5. The molecule has 2 aromatic rings. The zero-order valence-corrected chi connectivity index (χ0v) is 12.5. The first-order chi connectivity index (χ1) is 10.3. The molecule has 4 heteroatoms. The van der Waals surface area contributed by atoms with Crippen LogP contribution < -0.4 is 14.8 Å². The minimum Gasteiger partial charge on any atom is -0.497 e. The van der Waals surface area contributed by atoms with Gasteiger partial charge in [-0.3, -0.25) is 0 Å². The van der Waals surface area contributed by atoms with Crippen LogP contribution in [0.3, 0.4) is 0 Å². The Morgan fingerprint density at radius 2 is 2.29 bits per heavy atom. The molecule has 0 bridgehead atoms. The van der Waals surface area contributed by atoms with Crippen molar-refractivity contribution in [3.8, 4) is 11.5 Å². The summed E-state index contributed by atoms with van der Waals surface area (Å²) in [6.45, 7) is 2.92. The number of rotatable bonds is 5. The molecule has 3 rings (SSSR count).